The van der Waals surface area contributed by atoms with Crippen LogP contribution in [0.3, 0.4) is 0 Å². The molecule has 1 saturated heterocycles. The molecule has 1 atom stereocenters. The van der Waals surface area contributed by atoms with Crippen molar-refractivity contribution in [3.8, 4) is 5.75 Å². The summed E-state index contributed by atoms with van der Waals surface area (Å²) >= 11 is 1.67. The van der Waals surface area contributed by atoms with Crippen molar-refractivity contribution in [1.29, 1.82) is 0 Å². The molecule has 1 aliphatic rings. The number of methoxy groups -OCH3 is 1. The monoisotopic (exact) mass is 342 g/mol. The molecule has 0 radical (unpaired) electrons. The predicted octanol–water partition coefficient (Wildman–Crippen LogP) is 3.31. The summed E-state index contributed by atoms with van der Waals surface area (Å²) in [4.78, 5) is 2.38. The van der Waals surface area contributed by atoms with Gasteiger partial charge in [-0.25, -0.2) is 4.39 Å². The van der Waals surface area contributed by atoms with Gasteiger partial charge in [-0.05, 0) is 40.6 Å². The van der Waals surface area contributed by atoms with Crippen LogP contribution in [0.1, 0.15) is 17.2 Å². The van der Waals surface area contributed by atoms with Crippen LogP contribution in [-0.4, -0.2) is 38.2 Å². The van der Waals surface area contributed by atoms with Crippen molar-refractivity contribution in [3.05, 3.63) is 52.0 Å². The molecule has 1 fully saturated rings. The number of nitrogens with one attached hydrogen (secondary N) is 1. The third-order valence-electron chi connectivity index (χ3n) is 3.86. The lowest BCUT2D eigenvalue weighted by Crippen LogP contribution is -2.45. The largest absolute Gasteiger partial charge is 0.496 e. The highest BCUT2D eigenvalue weighted by Crippen LogP contribution is 2.36. The average molecular weight is 343 g/mol. The maximum atomic E-state index is 13.8. The quantitative estimate of drug-likeness (QED) is 0.922. The Hall–Kier alpha value is -1.14. The molecule has 1 aromatic heterocycles. The number of hydrogen-bond donors (Lipinski definition) is 1. The molecule has 120 valence electrons. The Morgan fingerprint density at radius 1 is 1.27 bits per heavy atom. The molecular weight excluding hydrogens is 323 g/mol. The number of halogens is 2. The van der Waals surface area contributed by atoms with Gasteiger partial charge in [-0.3, -0.25) is 4.90 Å². The van der Waals surface area contributed by atoms with Gasteiger partial charge in [0.2, 0.25) is 0 Å². The van der Waals surface area contributed by atoms with E-state index >= 15 is 0 Å². The zero-order valence-electron chi connectivity index (χ0n) is 12.4. The summed E-state index contributed by atoms with van der Waals surface area (Å²) < 4.78 is 19.2. The second-order valence-electron chi connectivity index (χ2n) is 5.13. The Labute approximate surface area is 140 Å². The van der Waals surface area contributed by atoms with Gasteiger partial charge in [0.25, 0.3) is 0 Å². The molecule has 2 heterocycles. The molecule has 3 rings (SSSR count). The summed E-state index contributed by atoms with van der Waals surface area (Å²) in [5.74, 6) is 0.521. The number of nitrogens with zero attached hydrogens (tertiary/aromatic N) is 1. The molecule has 2 aromatic rings. The molecule has 1 aliphatic heterocycles. The van der Waals surface area contributed by atoms with Gasteiger partial charge in [-0.1, -0.05) is 0 Å². The van der Waals surface area contributed by atoms with Gasteiger partial charge in [0.05, 0.1) is 13.2 Å². The highest BCUT2D eigenvalue weighted by Gasteiger charge is 2.27. The van der Waals surface area contributed by atoms with Gasteiger partial charge in [0, 0.05) is 31.7 Å². The van der Waals surface area contributed by atoms with Gasteiger partial charge >= 0.3 is 0 Å². The Morgan fingerprint density at radius 2 is 2.05 bits per heavy atom. The van der Waals surface area contributed by atoms with E-state index in [4.69, 9.17) is 4.74 Å². The fraction of sp³-hybridized carbons (Fsp3) is 0.375. The number of hydrogen-bond acceptors (Lipinski definition) is 4. The molecule has 3 nitrogen and oxygen atoms in total. The van der Waals surface area contributed by atoms with E-state index in [1.54, 1.807) is 30.6 Å². The average Bonchev–Trinajstić information content (AvgIpc) is 3.03. The van der Waals surface area contributed by atoms with Crippen LogP contribution in [0.25, 0.3) is 0 Å². The molecule has 0 spiro atoms. The number of benzene rings is 1. The van der Waals surface area contributed by atoms with Crippen molar-refractivity contribution in [1.82, 2.24) is 10.2 Å². The van der Waals surface area contributed by atoms with Crippen LogP contribution in [-0.2, 0) is 0 Å². The van der Waals surface area contributed by atoms with Crippen molar-refractivity contribution in [2.75, 3.05) is 33.3 Å². The van der Waals surface area contributed by atoms with E-state index in [9.17, 15) is 4.39 Å². The summed E-state index contributed by atoms with van der Waals surface area (Å²) in [6.45, 7) is 3.80. The maximum absolute atomic E-state index is 13.8. The summed E-state index contributed by atoms with van der Waals surface area (Å²) in [5.41, 5.74) is 2.10. The SMILES string of the molecule is COc1ccc(F)cc1[C@H](c1ccsc1)N1CCNCC1.Cl. The van der Waals surface area contributed by atoms with Crippen LogP contribution in [0.5, 0.6) is 5.75 Å². The van der Waals surface area contributed by atoms with Gasteiger partial charge in [0.1, 0.15) is 11.6 Å². The molecule has 0 amide bonds. The topological polar surface area (TPSA) is 24.5 Å². The Morgan fingerprint density at radius 3 is 2.68 bits per heavy atom. The Bertz CT molecular complexity index is 588. The minimum atomic E-state index is -0.221. The van der Waals surface area contributed by atoms with Crippen molar-refractivity contribution in [2.45, 2.75) is 6.04 Å². The van der Waals surface area contributed by atoms with Crippen LogP contribution in [0.2, 0.25) is 0 Å². The predicted molar refractivity (Wildman–Crippen MR) is 90.8 cm³/mol. The summed E-state index contributed by atoms with van der Waals surface area (Å²) in [6, 6.07) is 6.92. The van der Waals surface area contributed by atoms with Crippen molar-refractivity contribution >= 4 is 23.7 Å². The highest BCUT2D eigenvalue weighted by atomic mass is 35.5. The van der Waals surface area contributed by atoms with Crippen molar-refractivity contribution < 1.29 is 9.13 Å². The van der Waals surface area contributed by atoms with Crippen LogP contribution < -0.4 is 10.1 Å². The van der Waals surface area contributed by atoms with Crippen molar-refractivity contribution in [2.24, 2.45) is 0 Å². The van der Waals surface area contributed by atoms with Crippen LogP contribution in [0, 0.1) is 5.82 Å². The minimum Gasteiger partial charge on any atom is -0.496 e. The summed E-state index contributed by atoms with van der Waals surface area (Å²) in [6.07, 6.45) is 0. The fourth-order valence-corrected chi connectivity index (χ4v) is 3.56. The second-order valence-corrected chi connectivity index (χ2v) is 5.91. The fourth-order valence-electron chi connectivity index (χ4n) is 2.88. The van der Waals surface area contributed by atoms with E-state index in [-0.39, 0.29) is 24.3 Å². The van der Waals surface area contributed by atoms with E-state index in [1.165, 1.54) is 11.6 Å². The molecule has 6 heteroatoms. The van der Waals surface area contributed by atoms with E-state index in [1.807, 2.05) is 0 Å². The van der Waals surface area contributed by atoms with Gasteiger partial charge < -0.3 is 10.1 Å². The normalized spacial score (nSPS) is 16.8. The number of piperazine rings is 1. The number of ether oxygens (including phenoxy) is 1. The van der Waals surface area contributed by atoms with E-state index in [2.05, 4.69) is 27.0 Å². The van der Waals surface area contributed by atoms with E-state index in [0.717, 1.165) is 37.5 Å². The maximum Gasteiger partial charge on any atom is 0.124 e. The van der Waals surface area contributed by atoms with Gasteiger partial charge in [0.15, 0.2) is 0 Å². The Balaban J connectivity index is 0.00000176. The lowest BCUT2D eigenvalue weighted by Gasteiger charge is -2.35. The molecule has 1 aromatic carbocycles. The van der Waals surface area contributed by atoms with Crippen molar-refractivity contribution in [3.63, 3.8) is 0 Å². The van der Waals surface area contributed by atoms with E-state index < -0.39 is 0 Å². The summed E-state index contributed by atoms with van der Waals surface area (Å²) in [5, 5.41) is 7.56. The third kappa shape index (κ3) is 3.60. The molecule has 0 saturated carbocycles. The zero-order valence-corrected chi connectivity index (χ0v) is 14.1. The minimum absolute atomic E-state index is 0. The number of rotatable bonds is 4. The summed E-state index contributed by atoms with van der Waals surface area (Å²) in [7, 11) is 1.64. The molecule has 0 aliphatic carbocycles. The highest BCUT2D eigenvalue weighted by molar-refractivity contribution is 7.08. The lowest BCUT2D eigenvalue weighted by atomic mass is 9.97. The first-order valence-electron chi connectivity index (χ1n) is 7.10. The second kappa shape index (κ2) is 7.92. The van der Waals surface area contributed by atoms with Crippen LogP contribution >= 0.6 is 23.7 Å². The van der Waals surface area contributed by atoms with Crippen LogP contribution in [0.15, 0.2) is 35.0 Å². The molecule has 22 heavy (non-hydrogen) atoms. The number of thiophene rings is 1. The standard InChI is InChI=1S/C16H19FN2OS.ClH/c1-20-15-3-2-13(17)10-14(15)16(12-4-9-21-11-12)19-7-5-18-6-8-19;/h2-4,9-11,16,18H,5-8H2,1H3;1H/t16-;/m0./s1. The van der Waals surface area contributed by atoms with Gasteiger partial charge in [-0.15, -0.1) is 12.4 Å². The lowest BCUT2D eigenvalue weighted by molar-refractivity contribution is 0.195. The van der Waals surface area contributed by atoms with Crippen LogP contribution in [0.4, 0.5) is 4.39 Å². The third-order valence-corrected chi connectivity index (χ3v) is 4.56. The smallest absolute Gasteiger partial charge is 0.124 e. The first kappa shape index (κ1) is 17.2. The molecule has 0 bridgehead atoms. The molecule has 0 unspecified atom stereocenters. The van der Waals surface area contributed by atoms with Gasteiger partial charge in [-0.2, -0.15) is 11.3 Å². The zero-order chi connectivity index (χ0) is 14.7. The van der Waals surface area contributed by atoms with E-state index in [0.29, 0.717) is 0 Å². The first-order chi connectivity index (χ1) is 10.3. The first-order valence-corrected chi connectivity index (χ1v) is 8.04. The molecular formula is C16H20ClFN2OS. The Kier molecular flexibility index (Phi) is 6.20. The molecule has 1 N–H and O–H groups in total.